The molecule has 0 heterocycles. The van der Waals surface area contributed by atoms with Crippen molar-refractivity contribution in [1.29, 1.82) is 0 Å². The minimum atomic E-state index is -2.10. The zero-order valence-corrected chi connectivity index (χ0v) is 8.79. The van der Waals surface area contributed by atoms with E-state index in [1.54, 1.807) is 19.1 Å². The van der Waals surface area contributed by atoms with Crippen molar-refractivity contribution in [1.82, 2.24) is 4.90 Å². The summed E-state index contributed by atoms with van der Waals surface area (Å²) in [7, 11) is 0. The van der Waals surface area contributed by atoms with Gasteiger partial charge in [-0.05, 0) is 18.1 Å². The number of carboxylic acid groups (broad SMARTS) is 1. The van der Waals surface area contributed by atoms with Crippen molar-refractivity contribution >= 4 is 12.3 Å². The molecule has 0 fully saturated rings. The van der Waals surface area contributed by atoms with E-state index < -0.39 is 12.6 Å². The van der Waals surface area contributed by atoms with Crippen molar-refractivity contribution in [2.75, 3.05) is 6.54 Å². The molecule has 0 atom stereocenters. The summed E-state index contributed by atoms with van der Waals surface area (Å²) < 4.78 is 15.7. The van der Waals surface area contributed by atoms with Crippen molar-refractivity contribution in [3.05, 3.63) is 35.4 Å². The van der Waals surface area contributed by atoms with Gasteiger partial charge < -0.3 is 15.2 Å². The van der Waals surface area contributed by atoms with Crippen molar-refractivity contribution in [3.63, 3.8) is 0 Å². The van der Waals surface area contributed by atoms with Gasteiger partial charge in [-0.15, -0.1) is 0 Å². The Morgan fingerprint density at radius 1 is 1.56 bits per heavy atom. The summed E-state index contributed by atoms with van der Waals surface area (Å²) in [4.78, 5) is 11.7. The smallest absolute Gasteiger partial charge is 0.407 e. The van der Waals surface area contributed by atoms with E-state index in [1.165, 1.54) is 18.3 Å². The van der Waals surface area contributed by atoms with Gasteiger partial charge in [0.1, 0.15) is 0 Å². The molecule has 5 heteroatoms. The van der Waals surface area contributed by atoms with Gasteiger partial charge in [0.05, 0.1) is 8.96 Å². The number of hydrogen-bond donors (Lipinski definition) is 2. The third kappa shape index (κ3) is 3.27. The molecule has 16 heavy (non-hydrogen) atoms. The number of carbonyl (C=O) groups is 1. The Balaban J connectivity index is 3.07. The zero-order chi connectivity index (χ0) is 13.8. The lowest BCUT2D eigenvalue weighted by molar-refractivity contribution is 0.145. The van der Waals surface area contributed by atoms with Gasteiger partial charge >= 0.3 is 6.09 Å². The molecule has 1 aromatic carbocycles. The Morgan fingerprint density at radius 2 is 2.19 bits per heavy atom. The third-order valence-corrected chi connectivity index (χ3v) is 1.93. The summed E-state index contributed by atoms with van der Waals surface area (Å²) in [6, 6.07) is 6.01. The van der Waals surface area contributed by atoms with Crippen LogP contribution < -0.4 is 0 Å². The van der Waals surface area contributed by atoms with Gasteiger partial charge in [-0.25, -0.2) is 4.79 Å². The van der Waals surface area contributed by atoms with Crippen LogP contribution in [0.2, 0.25) is 0 Å². The van der Waals surface area contributed by atoms with Crippen LogP contribution in [-0.4, -0.2) is 34.1 Å². The summed E-state index contributed by atoms with van der Waals surface area (Å²) in [6.45, 7) is -0.490. The lowest BCUT2D eigenvalue weighted by Gasteiger charge is -2.16. The number of rotatable bonds is 4. The van der Waals surface area contributed by atoms with Gasteiger partial charge in [-0.1, -0.05) is 29.4 Å². The lowest BCUT2D eigenvalue weighted by Crippen LogP contribution is -2.28. The molecule has 2 N–H and O–H groups in total. The first-order valence-corrected chi connectivity index (χ1v) is 4.72. The highest BCUT2D eigenvalue weighted by Crippen LogP contribution is 2.06. The largest absolute Gasteiger partial charge is 0.465 e. The van der Waals surface area contributed by atoms with Crippen LogP contribution >= 0.6 is 0 Å². The molecule has 0 aliphatic rings. The Kier molecular flexibility index (Phi) is 3.31. The third-order valence-electron chi connectivity index (χ3n) is 1.93. The molecule has 1 aromatic rings. The van der Waals surface area contributed by atoms with Crippen molar-refractivity contribution in [2.45, 2.75) is 13.4 Å². The molecule has 1 amide bonds. The summed E-state index contributed by atoms with van der Waals surface area (Å²) in [5, 5.41) is 20.2. The Morgan fingerprint density at radius 3 is 2.62 bits per heavy atom. The van der Waals surface area contributed by atoms with E-state index in [0.717, 1.165) is 0 Å². The van der Waals surface area contributed by atoms with E-state index >= 15 is 0 Å². The highest BCUT2D eigenvalue weighted by molar-refractivity contribution is 5.78. The summed E-state index contributed by atoms with van der Waals surface area (Å²) in [5.74, 6) is 0. The van der Waals surface area contributed by atoms with Crippen LogP contribution in [0.4, 0.5) is 4.79 Å². The number of hydrogen-bond acceptors (Lipinski definition) is 3. The molecule has 0 saturated heterocycles. The fourth-order valence-electron chi connectivity index (χ4n) is 1.13. The molecule has 86 valence electrons. The van der Waals surface area contributed by atoms with Gasteiger partial charge in [0.15, 0.2) is 0 Å². The van der Waals surface area contributed by atoms with Crippen molar-refractivity contribution in [2.24, 2.45) is 5.16 Å². The van der Waals surface area contributed by atoms with Crippen LogP contribution in [0, 0.1) is 0 Å². The van der Waals surface area contributed by atoms with Gasteiger partial charge in [-0.2, -0.15) is 0 Å². The zero-order valence-electron chi connectivity index (χ0n) is 10.8. The Hall–Kier alpha value is -2.04. The standard InChI is InChI=1S/C11H14N2O3/c1-2-13(11(14)15)8-10-5-3-9(4-6-10)7-12-16/h3-7,16H,2,8H2,1H3,(H,14,15)/i8D2. The summed E-state index contributed by atoms with van der Waals surface area (Å²) >= 11 is 0. The Labute approximate surface area is 96.4 Å². The molecule has 5 nitrogen and oxygen atoms in total. The molecule has 1 rings (SSSR count). The fraction of sp³-hybridized carbons (Fsp3) is 0.273. The average Bonchev–Trinajstić information content (AvgIpc) is 2.30. The number of nitrogens with zero attached hydrogens (tertiary/aromatic N) is 2. The molecular weight excluding hydrogens is 208 g/mol. The summed E-state index contributed by atoms with van der Waals surface area (Å²) in [5.41, 5.74) is 0.817. The van der Waals surface area contributed by atoms with Gasteiger partial charge in [-0.3, -0.25) is 0 Å². The van der Waals surface area contributed by atoms with E-state index in [0.29, 0.717) is 10.5 Å². The minimum Gasteiger partial charge on any atom is -0.465 e. The van der Waals surface area contributed by atoms with E-state index in [1.807, 2.05) is 0 Å². The highest BCUT2D eigenvalue weighted by atomic mass is 16.4. The predicted octanol–water partition coefficient (Wildman–Crippen LogP) is 1.99. The van der Waals surface area contributed by atoms with E-state index in [2.05, 4.69) is 5.16 Å². The van der Waals surface area contributed by atoms with Crippen LogP contribution in [0.3, 0.4) is 0 Å². The highest BCUT2D eigenvalue weighted by Gasteiger charge is 2.08. The summed E-state index contributed by atoms with van der Waals surface area (Å²) in [6.07, 6.45) is -0.114. The normalized spacial score (nSPS) is 13.3. The van der Waals surface area contributed by atoms with Gasteiger partial charge in [0.2, 0.25) is 0 Å². The maximum atomic E-state index is 11.0. The topological polar surface area (TPSA) is 73.1 Å². The first-order valence-electron chi connectivity index (χ1n) is 5.72. The second-order valence-electron chi connectivity index (χ2n) is 3.01. The maximum Gasteiger partial charge on any atom is 0.407 e. The molecule has 0 bridgehead atoms. The van der Waals surface area contributed by atoms with Crippen LogP contribution in [0.25, 0.3) is 0 Å². The number of benzene rings is 1. The predicted molar refractivity (Wildman–Crippen MR) is 59.9 cm³/mol. The fourth-order valence-corrected chi connectivity index (χ4v) is 1.13. The number of oxime groups is 1. The Bertz CT molecular complexity index is 446. The average molecular weight is 224 g/mol. The SMILES string of the molecule is [2H]C([2H])(c1ccc(C=NO)cc1)N(CC)C(=O)O. The van der Waals surface area contributed by atoms with Crippen molar-refractivity contribution in [3.8, 4) is 0 Å². The van der Waals surface area contributed by atoms with Crippen LogP contribution in [0.1, 0.15) is 20.8 Å². The van der Waals surface area contributed by atoms with E-state index in [4.69, 9.17) is 13.1 Å². The lowest BCUT2D eigenvalue weighted by atomic mass is 10.1. The minimum absolute atomic E-state index is 0.0438. The second-order valence-corrected chi connectivity index (χ2v) is 3.01. The molecular formula is C11H14N2O3. The quantitative estimate of drug-likeness (QED) is 0.466. The molecule has 0 unspecified atom stereocenters. The molecule has 0 radical (unpaired) electrons. The monoisotopic (exact) mass is 224 g/mol. The first kappa shape index (κ1) is 9.21. The molecule has 0 saturated carbocycles. The van der Waals surface area contributed by atoms with Crippen molar-refractivity contribution < 1.29 is 17.8 Å². The molecule has 0 aliphatic heterocycles. The molecule has 0 aromatic heterocycles. The number of amides is 1. The van der Waals surface area contributed by atoms with Crippen LogP contribution in [0.5, 0.6) is 0 Å². The molecule has 0 aliphatic carbocycles. The van der Waals surface area contributed by atoms with E-state index in [9.17, 15) is 4.79 Å². The van der Waals surface area contributed by atoms with E-state index in [-0.39, 0.29) is 12.1 Å². The van der Waals surface area contributed by atoms with Gasteiger partial charge in [0, 0.05) is 13.0 Å². The molecule has 0 spiro atoms. The maximum absolute atomic E-state index is 11.0. The van der Waals surface area contributed by atoms with Gasteiger partial charge in [0.25, 0.3) is 0 Å². The van der Waals surface area contributed by atoms with Crippen LogP contribution in [-0.2, 0) is 6.50 Å². The second kappa shape index (κ2) is 5.75. The van der Waals surface area contributed by atoms with Crippen LogP contribution in [0.15, 0.2) is 29.4 Å². The first-order chi connectivity index (χ1) is 8.43.